The molecule has 0 aliphatic carbocycles. The zero-order valence-corrected chi connectivity index (χ0v) is 17.8. The fourth-order valence-corrected chi connectivity index (χ4v) is 3.20. The lowest BCUT2D eigenvalue weighted by molar-refractivity contribution is -0.142. The van der Waals surface area contributed by atoms with E-state index in [9.17, 15) is 9.59 Å². The Hall–Kier alpha value is -3.02. The Morgan fingerprint density at radius 1 is 1.10 bits per heavy atom. The minimum Gasteiger partial charge on any atom is -0.497 e. The van der Waals surface area contributed by atoms with E-state index in [2.05, 4.69) is 5.32 Å². The van der Waals surface area contributed by atoms with Gasteiger partial charge in [-0.15, -0.1) is 0 Å². The van der Waals surface area contributed by atoms with Gasteiger partial charge in [-0.3, -0.25) is 9.59 Å². The zero-order valence-electron chi connectivity index (χ0n) is 17.8. The SMILES string of the molecule is CC[C@@H](C(=O)NC)N(Cc1ccc(OC)cc1)C(=O)COc1ccc(C)cc1C. The maximum atomic E-state index is 13.0. The normalized spacial score (nSPS) is 11.5. The third kappa shape index (κ3) is 5.98. The van der Waals surface area contributed by atoms with Gasteiger partial charge in [0.2, 0.25) is 5.91 Å². The maximum Gasteiger partial charge on any atom is 0.261 e. The summed E-state index contributed by atoms with van der Waals surface area (Å²) in [4.78, 5) is 27.0. The summed E-state index contributed by atoms with van der Waals surface area (Å²) in [5, 5.41) is 2.65. The molecular formula is C23H30N2O4. The molecule has 0 bridgehead atoms. The van der Waals surface area contributed by atoms with Crippen molar-refractivity contribution in [3.63, 3.8) is 0 Å². The van der Waals surface area contributed by atoms with Gasteiger partial charge in [0.15, 0.2) is 6.61 Å². The van der Waals surface area contributed by atoms with Crippen LogP contribution >= 0.6 is 0 Å². The number of rotatable bonds is 9. The van der Waals surface area contributed by atoms with Crippen molar-refractivity contribution in [3.8, 4) is 11.5 Å². The molecule has 2 aromatic carbocycles. The van der Waals surface area contributed by atoms with Crippen molar-refractivity contribution in [2.45, 2.75) is 39.8 Å². The Morgan fingerprint density at radius 2 is 1.79 bits per heavy atom. The van der Waals surface area contributed by atoms with Crippen LogP contribution in [0.15, 0.2) is 42.5 Å². The van der Waals surface area contributed by atoms with Crippen molar-refractivity contribution in [1.82, 2.24) is 10.2 Å². The summed E-state index contributed by atoms with van der Waals surface area (Å²) < 4.78 is 11.0. The first kappa shape index (κ1) is 22.3. The lowest BCUT2D eigenvalue weighted by Crippen LogP contribution is -2.49. The third-order valence-electron chi connectivity index (χ3n) is 4.83. The molecule has 0 aliphatic heterocycles. The standard InChI is InChI=1S/C23H30N2O4/c1-6-20(23(27)24-4)25(14-18-8-10-19(28-5)11-9-18)22(26)15-29-21-12-7-16(2)13-17(21)3/h7-13,20H,6,14-15H2,1-5H3,(H,24,27)/t20-/m0/s1. The molecule has 0 spiro atoms. The van der Waals surface area contributed by atoms with E-state index in [1.807, 2.05) is 63.2 Å². The summed E-state index contributed by atoms with van der Waals surface area (Å²) >= 11 is 0. The lowest BCUT2D eigenvalue weighted by atomic mass is 10.1. The summed E-state index contributed by atoms with van der Waals surface area (Å²) in [6, 6.07) is 12.7. The average molecular weight is 399 g/mol. The highest BCUT2D eigenvalue weighted by molar-refractivity contribution is 5.88. The average Bonchev–Trinajstić information content (AvgIpc) is 2.73. The van der Waals surface area contributed by atoms with Crippen molar-refractivity contribution >= 4 is 11.8 Å². The summed E-state index contributed by atoms with van der Waals surface area (Å²) in [5.41, 5.74) is 3.01. The van der Waals surface area contributed by atoms with Crippen LogP contribution in [0, 0.1) is 13.8 Å². The van der Waals surface area contributed by atoms with E-state index >= 15 is 0 Å². The van der Waals surface area contributed by atoms with Crippen molar-refractivity contribution in [1.29, 1.82) is 0 Å². The molecule has 0 unspecified atom stereocenters. The third-order valence-corrected chi connectivity index (χ3v) is 4.83. The van der Waals surface area contributed by atoms with Crippen LogP contribution in [0.1, 0.15) is 30.0 Å². The van der Waals surface area contributed by atoms with Crippen molar-refractivity contribution < 1.29 is 19.1 Å². The minimum absolute atomic E-state index is 0.131. The van der Waals surface area contributed by atoms with Gasteiger partial charge in [0.25, 0.3) is 5.91 Å². The number of hydrogen-bond donors (Lipinski definition) is 1. The minimum atomic E-state index is -0.572. The number of carbonyl (C=O) groups is 2. The van der Waals surface area contributed by atoms with Crippen LogP contribution in [0.2, 0.25) is 0 Å². The van der Waals surface area contributed by atoms with E-state index in [1.54, 1.807) is 19.1 Å². The number of aryl methyl sites for hydroxylation is 2. The fraction of sp³-hybridized carbons (Fsp3) is 0.391. The Bertz CT molecular complexity index is 833. The number of amides is 2. The van der Waals surface area contributed by atoms with Crippen molar-refractivity contribution in [3.05, 3.63) is 59.2 Å². The molecule has 0 aromatic heterocycles. The highest BCUT2D eigenvalue weighted by atomic mass is 16.5. The van der Waals surface area contributed by atoms with Crippen LogP contribution in [-0.4, -0.2) is 43.5 Å². The van der Waals surface area contributed by atoms with Crippen molar-refractivity contribution in [2.24, 2.45) is 0 Å². The Balaban J connectivity index is 2.19. The number of methoxy groups -OCH3 is 1. The molecule has 0 aliphatic rings. The van der Waals surface area contributed by atoms with Gasteiger partial charge >= 0.3 is 0 Å². The molecule has 2 rings (SSSR count). The molecule has 0 radical (unpaired) electrons. The second-order valence-corrected chi connectivity index (χ2v) is 6.97. The first-order valence-corrected chi connectivity index (χ1v) is 9.73. The van der Waals surface area contributed by atoms with Gasteiger partial charge < -0.3 is 19.7 Å². The molecule has 6 heteroatoms. The topological polar surface area (TPSA) is 67.9 Å². The van der Waals surface area contributed by atoms with Crippen LogP contribution in [-0.2, 0) is 16.1 Å². The monoisotopic (exact) mass is 398 g/mol. The maximum absolute atomic E-state index is 13.0. The van der Waals surface area contributed by atoms with Crippen LogP contribution in [0.5, 0.6) is 11.5 Å². The van der Waals surface area contributed by atoms with E-state index in [1.165, 1.54) is 0 Å². The molecule has 6 nitrogen and oxygen atoms in total. The molecule has 2 amide bonds. The first-order valence-electron chi connectivity index (χ1n) is 9.73. The number of nitrogens with zero attached hydrogens (tertiary/aromatic N) is 1. The van der Waals surface area contributed by atoms with E-state index in [0.29, 0.717) is 18.7 Å². The number of nitrogens with one attached hydrogen (secondary N) is 1. The van der Waals surface area contributed by atoms with Gasteiger partial charge in [-0.05, 0) is 49.6 Å². The largest absolute Gasteiger partial charge is 0.497 e. The predicted molar refractivity (Wildman–Crippen MR) is 113 cm³/mol. The van der Waals surface area contributed by atoms with Crippen LogP contribution in [0.4, 0.5) is 0 Å². The van der Waals surface area contributed by atoms with Crippen LogP contribution in [0.25, 0.3) is 0 Å². The molecule has 0 fully saturated rings. The predicted octanol–water partition coefficient (Wildman–Crippen LogP) is 3.24. The number of benzene rings is 2. The van der Waals surface area contributed by atoms with Crippen LogP contribution in [0.3, 0.4) is 0 Å². The van der Waals surface area contributed by atoms with Gasteiger partial charge in [0.1, 0.15) is 17.5 Å². The molecule has 0 saturated heterocycles. The second kappa shape index (κ2) is 10.5. The zero-order chi connectivity index (χ0) is 21.4. The van der Waals surface area contributed by atoms with E-state index < -0.39 is 6.04 Å². The molecule has 29 heavy (non-hydrogen) atoms. The van der Waals surface area contributed by atoms with Gasteiger partial charge in [-0.2, -0.15) is 0 Å². The molecular weight excluding hydrogens is 368 g/mol. The Morgan fingerprint density at radius 3 is 2.34 bits per heavy atom. The molecule has 1 N–H and O–H groups in total. The van der Waals surface area contributed by atoms with E-state index in [0.717, 1.165) is 22.4 Å². The van der Waals surface area contributed by atoms with Gasteiger partial charge in [0, 0.05) is 13.6 Å². The number of ether oxygens (including phenoxy) is 2. The highest BCUT2D eigenvalue weighted by Gasteiger charge is 2.28. The van der Waals surface area contributed by atoms with Gasteiger partial charge in [-0.25, -0.2) is 0 Å². The quantitative estimate of drug-likeness (QED) is 0.704. The molecule has 0 saturated carbocycles. The summed E-state index contributed by atoms with van der Waals surface area (Å²) in [6.45, 7) is 6.02. The van der Waals surface area contributed by atoms with E-state index in [4.69, 9.17) is 9.47 Å². The van der Waals surface area contributed by atoms with Gasteiger partial charge in [0.05, 0.1) is 7.11 Å². The summed E-state index contributed by atoms with van der Waals surface area (Å²) in [7, 11) is 3.18. The molecule has 156 valence electrons. The van der Waals surface area contributed by atoms with Gasteiger partial charge in [-0.1, -0.05) is 36.8 Å². The lowest BCUT2D eigenvalue weighted by Gasteiger charge is -2.30. The number of hydrogen-bond acceptors (Lipinski definition) is 4. The summed E-state index contributed by atoms with van der Waals surface area (Å²) in [6.07, 6.45) is 0.505. The van der Waals surface area contributed by atoms with E-state index in [-0.39, 0.29) is 18.4 Å². The second-order valence-electron chi connectivity index (χ2n) is 6.97. The Kier molecular flexibility index (Phi) is 8.07. The fourth-order valence-electron chi connectivity index (χ4n) is 3.20. The smallest absolute Gasteiger partial charge is 0.261 e. The Labute approximate surface area is 172 Å². The number of carbonyl (C=O) groups excluding carboxylic acids is 2. The molecule has 1 atom stereocenters. The van der Waals surface area contributed by atoms with Crippen molar-refractivity contribution in [2.75, 3.05) is 20.8 Å². The number of likely N-dealkylation sites (N-methyl/N-ethyl adjacent to an activating group) is 1. The molecule has 2 aromatic rings. The molecule has 0 heterocycles. The summed E-state index contributed by atoms with van der Waals surface area (Å²) in [5.74, 6) is 0.974. The highest BCUT2D eigenvalue weighted by Crippen LogP contribution is 2.20. The first-order chi connectivity index (χ1) is 13.9. The van der Waals surface area contributed by atoms with Crippen LogP contribution < -0.4 is 14.8 Å².